The summed E-state index contributed by atoms with van der Waals surface area (Å²) in [6.45, 7) is 5.91. The number of carbonyl (C=O) groups is 2. The van der Waals surface area contributed by atoms with Gasteiger partial charge in [-0.05, 0) is 60.4 Å². The summed E-state index contributed by atoms with van der Waals surface area (Å²) in [7, 11) is 0. The molecule has 0 bridgehead atoms. The number of para-hydroxylation sites is 1. The molecule has 13 heteroatoms. The third kappa shape index (κ3) is 5.91. The van der Waals surface area contributed by atoms with Gasteiger partial charge in [0.05, 0.1) is 40.9 Å². The van der Waals surface area contributed by atoms with Gasteiger partial charge in [-0.15, -0.1) is 13.9 Å². The molecule has 224 valence electrons. The minimum absolute atomic E-state index is 0.0352. The molecule has 6 rings (SSSR count). The number of anilines is 2. The summed E-state index contributed by atoms with van der Waals surface area (Å²) in [5.74, 6) is -0.362. The number of carbonyl (C=O) groups excluding carboxylic acids is 2. The van der Waals surface area contributed by atoms with Crippen molar-refractivity contribution < 1.29 is 27.8 Å². The molecule has 2 amide bonds. The van der Waals surface area contributed by atoms with Crippen LogP contribution in [0.5, 0.6) is 11.5 Å². The van der Waals surface area contributed by atoms with Crippen LogP contribution in [0.15, 0.2) is 83.1 Å². The van der Waals surface area contributed by atoms with Crippen LogP contribution in [0.2, 0.25) is 0 Å². The summed E-state index contributed by atoms with van der Waals surface area (Å²) in [4.78, 5) is 27.1. The van der Waals surface area contributed by atoms with Crippen molar-refractivity contribution >= 4 is 46.3 Å². The van der Waals surface area contributed by atoms with Gasteiger partial charge < -0.3 is 14.8 Å². The third-order valence-corrected chi connectivity index (χ3v) is 7.80. The molecule has 10 nitrogen and oxygen atoms in total. The van der Waals surface area contributed by atoms with E-state index < -0.39 is 12.2 Å². The summed E-state index contributed by atoms with van der Waals surface area (Å²) in [5, 5.41) is 16.3. The summed E-state index contributed by atoms with van der Waals surface area (Å²) >= 11 is 1.35. The second-order valence-corrected chi connectivity index (χ2v) is 11.2. The van der Waals surface area contributed by atoms with E-state index >= 15 is 0 Å². The average Bonchev–Trinajstić information content (AvgIpc) is 3.65. The number of thioether (sulfide) groups is 1. The van der Waals surface area contributed by atoms with E-state index in [1.54, 1.807) is 28.9 Å². The summed E-state index contributed by atoms with van der Waals surface area (Å²) in [6, 6.07) is 19.0. The molecule has 3 heterocycles. The zero-order chi connectivity index (χ0) is 31.0. The fourth-order valence-corrected chi connectivity index (χ4v) is 5.53. The molecule has 44 heavy (non-hydrogen) atoms. The molecule has 1 aromatic heterocycles. The molecular weight excluding hydrogens is 590 g/mol. The smallest absolute Gasteiger partial charge is 0.395 e. The largest absolute Gasteiger partial charge is 0.586 e. The molecule has 3 aromatic carbocycles. The Bertz CT molecular complexity index is 1820. The molecule has 1 saturated heterocycles. The first kappa shape index (κ1) is 29.1. The number of alkyl halides is 2. The highest BCUT2D eigenvalue weighted by atomic mass is 32.2. The van der Waals surface area contributed by atoms with Crippen molar-refractivity contribution in [1.29, 1.82) is 0 Å². The first-order valence-electron chi connectivity index (χ1n) is 13.6. The van der Waals surface area contributed by atoms with Gasteiger partial charge in [-0.3, -0.25) is 14.5 Å². The predicted octanol–water partition coefficient (Wildman–Crippen LogP) is 6.35. The van der Waals surface area contributed by atoms with Gasteiger partial charge in [-0.1, -0.05) is 55.9 Å². The topological polar surface area (TPSA) is 110 Å². The van der Waals surface area contributed by atoms with Gasteiger partial charge in [0.15, 0.2) is 16.7 Å². The number of halogens is 2. The van der Waals surface area contributed by atoms with Crippen molar-refractivity contribution in [1.82, 2.24) is 9.78 Å². The van der Waals surface area contributed by atoms with Crippen molar-refractivity contribution in [2.45, 2.75) is 33.0 Å². The lowest BCUT2D eigenvalue weighted by Gasteiger charge is -2.20. The maximum Gasteiger partial charge on any atom is 0.586 e. The van der Waals surface area contributed by atoms with E-state index in [2.05, 4.69) is 43.9 Å². The maximum atomic E-state index is 13.3. The van der Waals surface area contributed by atoms with E-state index in [0.717, 1.165) is 22.5 Å². The Labute approximate surface area is 255 Å². The Balaban J connectivity index is 1.13. The number of fused-ring (bicyclic) bond motifs is 1. The highest BCUT2D eigenvalue weighted by molar-refractivity contribution is 8.15. The zero-order valence-corrected chi connectivity index (χ0v) is 24.6. The molecule has 0 aliphatic carbocycles. The SMILES string of the molecule is Cc1nn(-c2ccc(/C=N/N=C3\SCC(=O)N3c3ccccc3C(C)C)cc2)cc1NC(=O)c1ccc2c(c1)OC(F)(F)O2. The van der Waals surface area contributed by atoms with Crippen molar-refractivity contribution in [3.05, 3.63) is 95.3 Å². The maximum absolute atomic E-state index is 13.3. The number of aromatic nitrogens is 2. The lowest BCUT2D eigenvalue weighted by atomic mass is 10.0. The molecule has 0 saturated carbocycles. The molecule has 0 spiro atoms. The Morgan fingerprint density at radius 1 is 1.09 bits per heavy atom. The number of amidine groups is 1. The van der Waals surface area contributed by atoms with Crippen LogP contribution in [-0.2, 0) is 4.79 Å². The molecule has 1 fully saturated rings. The van der Waals surface area contributed by atoms with Crippen molar-refractivity contribution in [3.8, 4) is 17.2 Å². The Kier molecular flexibility index (Phi) is 7.64. The molecule has 2 aliphatic rings. The van der Waals surface area contributed by atoms with Crippen LogP contribution in [0.3, 0.4) is 0 Å². The van der Waals surface area contributed by atoms with Crippen LogP contribution >= 0.6 is 11.8 Å². The molecule has 4 aromatic rings. The minimum Gasteiger partial charge on any atom is -0.395 e. The van der Waals surface area contributed by atoms with Crippen LogP contribution in [0, 0.1) is 6.92 Å². The molecule has 0 unspecified atom stereocenters. The minimum atomic E-state index is -3.76. The Morgan fingerprint density at radius 3 is 2.61 bits per heavy atom. The standard InChI is InChI=1S/C31H26F2N6O4S/c1-18(2)23-6-4-5-7-25(23)39-28(40)17-44-30(39)36-34-15-20-8-11-22(12-9-20)38-16-24(19(3)37-38)35-29(41)21-10-13-26-27(14-21)43-31(32,33)42-26/h4-16,18H,17H2,1-3H3,(H,35,41)/b34-15+,36-30-. The van der Waals surface area contributed by atoms with E-state index in [1.165, 1.54) is 30.0 Å². The number of nitrogens with one attached hydrogen (secondary N) is 1. The first-order valence-corrected chi connectivity index (χ1v) is 14.6. The summed E-state index contributed by atoms with van der Waals surface area (Å²) in [6.07, 6.45) is -0.504. The van der Waals surface area contributed by atoms with Crippen molar-refractivity contribution in [3.63, 3.8) is 0 Å². The summed E-state index contributed by atoms with van der Waals surface area (Å²) in [5.41, 5.74) is 4.53. The van der Waals surface area contributed by atoms with E-state index in [1.807, 2.05) is 48.5 Å². The van der Waals surface area contributed by atoms with Gasteiger partial charge >= 0.3 is 6.29 Å². The molecule has 1 N–H and O–H groups in total. The molecular formula is C31H26F2N6O4S. The highest BCUT2D eigenvalue weighted by Crippen LogP contribution is 2.41. The van der Waals surface area contributed by atoms with Gasteiger partial charge in [0.1, 0.15) is 0 Å². The molecule has 0 atom stereocenters. The van der Waals surface area contributed by atoms with Crippen molar-refractivity contribution in [2.24, 2.45) is 10.2 Å². The first-order chi connectivity index (χ1) is 21.1. The van der Waals surface area contributed by atoms with Gasteiger partial charge in [0.2, 0.25) is 5.91 Å². The molecule has 2 aliphatic heterocycles. The number of benzene rings is 3. The normalized spacial score (nSPS) is 16.5. The summed E-state index contributed by atoms with van der Waals surface area (Å²) < 4.78 is 37.1. The fraction of sp³-hybridized carbons (Fsp3) is 0.194. The Hall–Kier alpha value is -5.04. The monoisotopic (exact) mass is 616 g/mol. The number of rotatable bonds is 7. The van der Waals surface area contributed by atoms with Crippen molar-refractivity contribution in [2.75, 3.05) is 16.0 Å². The zero-order valence-electron chi connectivity index (χ0n) is 23.8. The van der Waals surface area contributed by atoms with Crippen LogP contribution in [0.25, 0.3) is 5.69 Å². The van der Waals surface area contributed by atoms with Gasteiger partial charge in [-0.2, -0.15) is 10.2 Å². The molecule has 0 radical (unpaired) electrons. The number of hydrogen-bond acceptors (Lipinski definition) is 8. The number of amides is 2. The quantitative estimate of drug-likeness (QED) is 0.192. The van der Waals surface area contributed by atoms with E-state index in [-0.39, 0.29) is 28.9 Å². The number of ether oxygens (including phenoxy) is 2. The van der Waals surface area contributed by atoms with Crippen LogP contribution in [0.4, 0.5) is 20.2 Å². The highest BCUT2D eigenvalue weighted by Gasteiger charge is 2.43. The van der Waals surface area contributed by atoms with Crippen LogP contribution < -0.4 is 19.7 Å². The second kappa shape index (κ2) is 11.6. The van der Waals surface area contributed by atoms with Gasteiger partial charge in [0.25, 0.3) is 5.91 Å². The number of hydrogen-bond donors (Lipinski definition) is 1. The van der Waals surface area contributed by atoms with Gasteiger partial charge in [0, 0.05) is 5.56 Å². The van der Waals surface area contributed by atoms with Crippen LogP contribution in [-0.4, -0.2) is 45.0 Å². The fourth-order valence-electron chi connectivity index (χ4n) is 4.71. The predicted molar refractivity (Wildman–Crippen MR) is 164 cm³/mol. The number of nitrogens with zero attached hydrogens (tertiary/aromatic N) is 5. The van der Waals surface area contributed by atoms with E-state index in [9.17, 15) is 18.4 Å². The van der Waals surface area contributed by atoms with Crippen LogP contribution in [0.1, 0.15) is 46.9 Å². The lowest BCUT2D eigenvalue weighted by Crippen LogP contribution is -2.30. The Morgan fingerprint density at radius 2 is 1.84 bits per heavy atom. The average molecular weight is 617 g/mol. The second-order valence-electron chi connectivity index (χ2n) is 10.3. The third-order valence-electron chi connectivity index (χ3n) is 6.88. The van der Waals surface area contributed by atoms with E-state index in [4.69, 9.17) is 0 Å². The van der Waals surface area contributed by atoms with Gasteiger partial charge in [-0.25, -0.2) is 4.68 Å². The lowest BCUT2D eigenvalue weighted by molar-refractivity contribution is -0.286. The van der Waals surface area contributed by atoms with E-state index in [0.29, 0.717) is 22.3 Å². The number of aryl methyl sites for hydroxylation is 1.